The monoisotopic (exact) mass is 185 g/mol. The molecule has 0 bridgehead atoms. The Kier molecular flexibility index (Phi) is 1.93. The van der Waals surface area contributed by atoms with Crippen molar-refractivity contribution in [2.24, 2.45) is 5.73 Å². The van der Waals surface area contributed by atoms with Crippen LogP contribution in [0.15, 0.2) is 30.6 Å². The smallest absolute Gasteiger partial charge is 0.123 e. The van der Waals surface area contributed by atoms with Crippen molar-refractivity contribution in [2.75, 3.05) is 0 Å². The summed E-state index contributed by atoms with van der Waals surface area (Å²) in [4.78, 5) is 4.10. The topological polar surface area (TPSA) is 62.8 Å². The molecular formula is C11H11N3. The Morgan fingerprint density at radius 2 is 2.14 bits per heavy atom. The molecule has 0 radical (unpaired) electrons. The largest absolute Gasteiger partial charge is 0.384 e. The molecular weight excluding hydrogens is 174 g/mol. The fraction of sp³-hybridized carbons (Fsp3) is 0.0909. The van der Waals surface area contributed by atoms with Crippen molar-refractivity contribution in [1.29, 1.82) is 5.41 Å². The molecule has 0 aliphatic heterocycles. The molecule has 14 heavy (non-hydrogen) atoms. The zero-order valence-corrected chi connectivity index (χ0v) is 7.91. The van der Waals surface area contributed by atoms with Crippen LogP contribution >= 0.6 is 0 Å². The summed E-state index contributed by atoms with van der Waals surface area (Å²) < 4.78 is 0. The molecule has 0 atom stereocenters. The van der Waals surface area contributed by atoms with Gasteiger partial charge in [-0.05, 0) is 17.9 Å². The van der Waals surface area contributed by atoms with Crippen LogP contribution in [0.3, 0.4) is 0 Å². The molecule has 0 fully saturated rings. The van der Waals surface area contributed by atoms with Crippen LogP contribution in [0.25, 0.3) is 10.8 Å². The van der Waals surface area contributed by atoms with Gasteiger partial charge in [-0.15, -0.1) is 0 Å². The summed E-state index contributed by atoms with van der Waals surface area (Å²) >= 11 is 0. The van der Waals surface area contributed by atoms with E-state index in [-0.39, 0.29) is 5.84 Å². The van der Waals surface area contributed by atoms with Gasteiger partial charge in [0.05, 0.1) is 0 Å². The number of nitrogens with one attached hydrogen (secondary N) is 1. The Balaban J connectivity index is 2.91. The SMILES string of the molecule is Cc1cncc2cccc(C(=N)N)c12. The maximum atomic E-state index is 7.47. The quantitative estimate of drug-likeness (QED) is 0.526. The maximum absolute atomic E-state index is 7.47. The second-order valence-corrected chi connectivity index (χ2v) is 3.27. The van der Waals surface area contributed by atoms with Crippen LogP contribution in [0, 0.1) is 12.3 Å². The molecule has 0 aliphatic carbocycles. The minimum Gasteiger partial charge on any atom is -0.384 e. The summed E-state index contributed by atoms with van der Waals surface area (Å²) in [7, 11) is 0. The van der Waals surface area contributed by atoms with E-state index in [9.17, 15) is 0 Å². The number of nitrogens with two attached hydrogens (primary N) is 1. The summed E-state index contributed by atoms with van der Waals surface area (Å²) in [5.41, 5.74) is 7.34. The maximum Gasteiger partial charge on any atom is 0.123 e. The molecule has 3 nitrogen and oxygen atoms in total. The van der Waals surface area contributed by atoms with E-state index in [1.807, 2.05) is 25.1 Å². The first-order chi connectivity index (χ1) is 6.70. The Morgan fingerprint density at radius 3 is 2.86 bits per heavy atom. The number of amidine groups is 1. The van der Waals surface area contributed by atoms with Crippen LogP contribution in [0.1, 0.15) is 11.1 Å². The fourth-order valence-electron chi connectivity index (χ4n) is 1.64. The third-order valence-electron chi connectivity index (χ3n) is 2.26. The van der Waals surface area contributed by atoms with Crippen LogP contribution in [0.5, 0.6) is 0 Å². The van der Waals surface area contributed by atoms with Crippen molar-refractivity contribution < 1.29 is 0 Å². The van der Waals surface area contributed by atoms with Crippen LogP contribution < -0.4 is 5.73 Å². The number of hydrogen-bond donors (Lipinski definition) is 2. The van der Waals surface area contributed by atoms with Crippen LogP contribution in [-0.4, -0.2) is 10.8 Å². The van der Waals surface area contributed by atoms with Crippen LogP contribution in [0.2, 0.25) is 0 Å². The lowest BCUT2D eigenvalue weighted by Crippen LogP contribution is -2.11. The molecule has 0 amide bonds. The summed E-state index contributed by atoms with van der Waals surface area (Å²) in [5, 5.41) is 9.52. The number of nitrogens with zero attached hydrogens (tertiary/aromatic N) is 1. The number of hydrogen-bond acceptors (Lipinski definition) is 2. The average Bonchev–Trinajstić information content (AvgIpc) is 2.17. The van der Waals surface area contributed by atoms with Crippen molar-refractivity contribution in [3.05, 3.63) is 41.7 Å². The first-order valence-corrected chi connectivity index (χ1v) is 4.38. The molecule has 2 aromatic rings. The van der Waals surface area contributed by atoms with Crippen LogP contribution in [0.4, 0.5) is 0 Å². The zero-order chi connectivity index (χ0) is 10.1. The highest BCUT2D eigenvalue weighted by atomic mass is 14.7. The van der Waals surface area contributed by atoms with Gasteiger partial charge < -0.3 is 5.73 Å². The molecule has 1 aromatic heterocycles. The Labute approximate surface area is 82.1 Å². The number of pyridine rings is 1. The zero-order valence-electron chi connectivity index (χ0n) is 7.91. The van der Waals surface area contributed by atoms with Gasteiger partial charge in [0.15, 0.2) is 0 Å². The minimum atomic E-state index is 0.102. The minimum absolute atomic E-state index is 0.102. The lowest BCUT2D eigenvalue weighted by Gasteiger charge is -2.06. The van der Waals surface area contributed by atoms with Gasteiger partial charge in [-0.25, -0.2) is 0 Å². The molecule has 3 N–H and O–H groups in total. The van der Waals surface area contributed by atoms with Crippen molar-refractivity contribution in [3.63, 3.8) is 0 Å². The molecule has 3 heteroatoms. The predicted octanol–water partition coefficient (Wildman–Crippen LogP) is 1.83. The summed E-state index contributed by atoms with van der Waals surface area (Å²) in [6.45, 7) is 1.97. The lowest BCUT2D eigenvalue weighted by atomic mass is 10.0. The van der Waals surface area contributed by atoms with Gasteiger partial charge in [0.2, 0.25) is 0 Å². The van der Waals surface area contributed by atoms with Gasteiger partial charge in [0, 0.05) is 23.3 Å². The van der Waals surface area contributed by atoms with Gasteiger partial charge in [-0.1, -0.05) is 18.2 Å². The van der Waals surface area contributed by atoms with Gasteiger partial charge in [-0.3, -0.25) is 10.4 Å². The molecule has 70 valence electrons. The Hall–Kier alpha value is -1.90. The average molecular weight is 185 g/mol. The molecule has 1 aromatic carbocycles. The summed E-state index contributed by atoms with van der Waals surface area (Å²) in [5.74, 6) is 0.102. The van der Waals surface area contributed by atoms with E-state index in [1.54, 1.807) is 12.4 Å². The number of benzene rings is 1. The molecule has 0 unspecified atom stereocenters. The van der Waals surface area contributed by atoms with Gasteiger partial charge in [0.1, 0.15) is 5.84 Å². The van der Waals surface area contributed by atoms with E-state index in [2.05, 4.69) is 4.98 Å². The van der Waals surface area contributed by atoms with Crippen LogP contribution in [-0.2, 0) is 0 Å². The van der Waals surface area contributed by atoms with E-state index >= 15 is 0 Å². The van der Waals surface area contributed by atoms with Crippen molar-refractivity contribution in [3.8, 4) is 0 Å². The summed E-state index contributed by atoms with van der Waals surface area (Å²) in [6, 6.07) is 5.72. The molecule has 0 saturated heterocycles. The molecule has 2 rings (SSSR count). The Bertz CT molecular complexity index is 498. The number of aromatic nitrogens is 1. The first kappa shape index (κ1) is 8.69. The second-order valence-electron chi connectivity index (χ2n) is 3.27. The number of aryl methyl sites for hydroxylation is 1. The van der Waals surface area contributed by atoms with E-state index in [1.165, 1.54) is 0 Å². The molecule has 0 aliphatic rings. The van der Waals surface area contributed by atoms with Gasteiger partial charge in [-0.2, -0.15) is 0 Å². The van der Waals surface area contributed by atoms with E-state index in [0.717, 1.165) is 21.9 Å². The van der Waals surface area contributed by atoms with Crippen molar-refractivity contribution >= 4 is 16.6 Å². The predicted molar refractivity (Wildman–Crippen MR) is 57.5 cm³/mol. The van der Waals surface area contributed by atoms with Crippen molar-refractivity contribution in [2.45, 2.75) is 6.92 Å². The van der Waals surface area contributed by atoms with Gasteiger partial charge >= 0.3 is 0 Å². The Morgan fingerprint density at radius 1 is 1.36 bits per heavy atom. The summed E-state index contributed by atoms with van der Waals surface area (Å²) in [6.07, 6.45) is 3.57. The second kappa shape index (κ2) is 3.10. The highest BCUT2D eigenvalue weighted by Gasteiger charge is 2.05. The van der Waals surface area contributed by atoms with Crippen molar-refractivity contribution in [1.82, 2.24) is 4.98 Å². The lowest BCUT2D eigenvalue weighted by molar-refractivity contribution is 1.30. The normalized spacial score (nSPS) is 10.4. The highest BCUT2D eigenvalue weighted by Crippen LogP contribution is 2.20. The van der Waals surface area contributed by atoms with E-state index in [4.69, 9.17) is 11.1 Å². The third kappa shape index (κ3) is 1.23. The van der Waals surface area contributed by atoms with Gasteiger partial charge in [0.25, 0.3) is 0 Å². The third-order valence-corrected chi connectivity index (χ3v) is 2.26. The first-order valence-electron chi connectivity index (χ1n) is 4.38. The molecule has 1 heterocycles. The molecule has 0 spiro atoms. The standard InChI is InChI=1S/C11H11N3/c1-7-5-14-6-8-3-2-4-9(10(7)8)11(12)13/h2-6H,1H3,(H3,12,13). The number of rotatable bonds is 1. The number of nitrogen functional groups attached to an aromatic ring is 1. The van der Waals surface area contributed by atoms with E-state index in [0.29, 0.717) is 0 Å². The highest BCUT2D eigenvalue weighted by molar-refractivity contribution is 6.08. The fourth-order valence-corrected chi connectivity index (χ4v) is 1.64. The molecule has 0 saturated carbocycles. The number of fused-ring (bicyclic) bond motifs is 1. The van der Waals surface area contributed by atoms with E-state index < -0.39 is 0 Å².